The van der Waals surface area contributed by atoms with Gasteiger partial charge >= 0.3 is 0 Å². The lowest BCUT2D eigenvalue weighted by molar-refractivity contribution is 0.979. The lowest BCUT2D eigenvalue weighted by Crippen LogP contribution is -1.98. The molecule has 0 saturated heterocycles. The molecule has 1 N–H and O–H groups in total. The summed E-state index contributed by atoms with van der Waals surface area (Å²) in [6.45, 7) is 0. The molecule has 0 radical (unpaired) electrons. The fourth-order valence-electron chi connectivity index (χ4n) is 8.77. The van der Waals surface area contributed by atoms with Crippen LogP contribution >= 0.6 is 0 Å². The third-order valence-corrected chi connectivity index (χ3v) is 10.7. The molecule has 2 aliphatic carbocycles. The summed E-state index contributed by atoms with van der Waals surface area (Å²) in [4.78, 5) is 3.80. The zero-order chi connectivity index (χ0) is 30.6. The Labute approximate surface area is 271 Å². The first-order chi connectivity index (χ1) is 23.3. The number of nitrogens with one attached hydrogen (secondary N) is 1. The van der Waals surface area contributed by atoms with Crippen LogP contribution in [0, 0.1) is 0 Å². The molecular weight excluding hydrogens is 571 g/mol. The molecule has 3 heteroatoms. The first-order valence-corrected chi connectivity index (χ1v) is 16.8. The van der Waals surface area contributed by atoms with Crippen molar-refractivity contribution in [3.05, 3.63) is 134 Å². The van der Waals surface area contributed by atoms with Crippen molar-refractivity contribution in [2.75, 3.05) is 0 Å². The van der Waals surface area contributed by atoms with Crippen LogP contribution in [0.25, 0.3) is 98.4 Å². The van der Waals surface area contributed by atoms with E-state index in [-0.39, 0.29) is 0 Å². The summed E-state index contributed by atoms with van der Waals surface area (Å²) < 4.78 is 4.95. The van der Waals surface area contributed by atoms with Crippen molar-refractivity contribution in [3.8, 4) is 0 Å². The minimum atomic E-state index is 1.05. The van der Waals surface area contributed by atoms with Crippen LogP contribution in [-0.4, -0.2) is 14.1 Å². The van der Waals surface area contributed by atoms with E-state index in [1.54, 1.807) is 0 Å². The molecule has 0 bridgehead atoms. The number of hydrogen-bond donors (Lipinski definition) is 1. The van der Waals surface area contributed by atoms with E-state index in [9.17, 15) is 0 Å². The highest BCUT2D eigenvalue weighted by molar-refractivity contribution is 6.35. The highest BCUT2D eigenvalue weighted by atomic mass is 15.0. The van der Waals surface area contributed by atoms with E-state index in [1.165, 1.54) is 98.4 Å². The lowest BCUT2D eigenvalue weighted by atomic mass is 9.96. The number of para-hydroxylation sites is 2. The number of rotatable bonds is 2. The summed E-state index contributed by atoms with van der Waals surface area (Å²) in [5.41, 5.74) is 10.1. The van der Waals surface area contributed by atoms with Crippen LogP contribution in [0.1, 0.15) is 25.7 Å². The smallest absolute Gasteiger partial charge is 0.0547 e. The number of nitrogens with zero attached hydrogens (tertiary/aromatic N) is 2. The fourth-order valence-corrected chi connectivity index (χ4v) is 8.77. The Kier molecular flexibility index (Phi) is 5.06. The van der Waals surface area contributed by atoms with Gasteiger partial charge in [0.25, 0.3) is 0 Å². The normalized spacial score (nSPS) is 15.4. The number of H-pyrrole nitrogens is 1. The summed E-state index contributed by atoms with van der Waals surface area (Å²) >= 11 is 0. The third kappa shape index (κ3) is 3.36. The van der Waals surface area contributed by atoms with Crippen LogP contribution < -0.4 is 0 Å². The van der Waals surface area contributed by atoms with Gasteiger partial charge in [0.1, 0.15) is 0 Å². The van der Waals surface area contributed by atoms with Crippen molar-refractivity contribution in [1.82, 2.24) is 14.1 Å². The van der Waals surface area contributed by atoms with Gasteiger partial charge in [-0.15, -0.1) is 0 Å². The molecule has 3 heterocycles. The molecule has 9 aromatic rings. The van der Waals surface area contributed by atoms with E-state index in [2.05, 4.69) is 148 Å². The van der Waals surface area contributed by atoms with Crippen molar-refractivity contribution in [2.24, 2.45) is 0 Å². The molecule has 11 rings (SSSR count). The number of aromatic amines is 1. The summed E-state index contributed by atoms with van der Waals surface area (Å²) in [5.74, 6) is 0. The SMILES string of the molecule is C1=CCCC(n2c3ccccc3c3c4ccc5[nH]c6ccc7c(ccc8c7c7ccccc7n8C7=CCCC=C7)c6c5c4ccc32)=C1. The third-order valence-electron chi connectivity index (χ3n) is 10.7. The van der Waals surface area contributed by atoms with Gasteiger partial charge in [-0.25, -0.2) is 0 Å². The van der Waals surface area contributed by atoms with E-state index in [0.29, 0.717) is 0 Å². The minimum Gasteiger partial charge on any atom is -0.354 e. The first-order valence-electron chi connectivity index (χ1n) is 16.8. The molecule has 0 amide bonds. The van der Waals surface area contributed by atoms with E-state index in [4.69, 9.17) is 0 Å². The molecule has 0 atom stereocenters. The summed E-state index contributed by atoms with van der Waals surface area (Å²) in [7, 11) is 0. The maximum atomic E-state index is 3.80. The summed E-state index contributed by atoms with van der Waals surface area (Å²) in [6.07, 6.45) is 18.0. The van der Waals surface area contributed by atoms with Crippen LogP contribution in [-0.2, 0) is 0 Å². The average molecular weight is 602 g/mol. The molecule has 47 heavy (non-hydrogen) atoms. The molecular formula is C44H31N3. The minimum absolute atomic E-state index is 1.05. The standard InChI is InChI=1S/C44H31N3/c1-3-11-27(12-4-1)46-37-17-9-7-15-33(37)41-29-19-23-35-43(31(29)21-25-39(41)46)44-32-22-26-40-42(30(32)20-24-36(44)45-35)34-16-8-10-18-38(34)47(40)28-13-5-2-6-14-28/h1,3,5,7-11,13-26,45H,2,4,6,12H2. The molecule has 0 aliphatic heterocycles. The van der Waals surface area contributed by atoms with Gasteiger partial charge in [0.2, 0.25) is 0 Å². The first kappa shape index (κ1) is 25.4. The Bertz CT molecular complexity index is 2950. The second kappa shape index (κ2) is 9.37. The predicted molar refractivity (Wildman–Crippen MR) is 202 cm³/mol. The quantitative estimate of drug-likeness (QED) is 0.204. The van der Waals surface area contributed by atoms with Crippen LogP contribution in [0.5, 0.6) is 0 Å². The molecule has 0 unspecified atom stereocenters. The average Bonchev–Trinajstić information content (AvgIpc) is 3.80. The zero-order valence-corrected chi connectivity index (χ0v) is 25.9. The van der Waals surface area contributed by atoms with Crippen molar-refractivity contribution >= 4 is 98.4 Å². The maximum Gasteiger partial charge on any atom is 0.0547 e. The highest BCUT2D eigenvalue weighted by Gasteiger charge is 2.21. The van der Waals surface area contributed by atoms with E-state index >= 15 is 0 Å². The molecule has 0 spiro atoms. The number of fused-ring (bicyclic) bond motifs is 15. The van der Waals surface area contributed by atoms with Gasteiger partial charge in [0.05, 0.1) is 22.1 Å². The van der Waals surface area contributed by atoms with Gasteiger partial charge in [0, 0.05) is 54.7 Å². The Hall–Kier alpha value is -5.80. The second-order valence-corrected chi connectivity index (χ2v) is 13.1. The van der Waals surface area contributed by atoms with Gasteiger partial charge in [-0.05, 0) is 95.8 Å². The molecule has 222 valence electrons. The van der Waals surface area contributed by atoms with Gasteiger partial charge in [-0.3, -0.25) is 0 Å². The van der Waals surface area contributed by atoms with Gasteiger partial charge in [-0.2, -0.15) is 0 Å². The molecule has 3 nitrogen and oxygen atoms in total. The topological polar surface area (TPSA) is 25.6 Å². The van der Waals surface area contributed by atoms with E-state index in [0.717, 1.165) is 25.7 Å². The molecule has 3 aromatic heterocycles. The summed E-state index contributed by atoms with van der Waals surface area (Å²) in [5, 5.41) is 13.1. The van der Waals surface area contributed by atoms with Crippen LogP contribution in [0.4, 0.5) is 0 Å². The Morgan fingerprint density at radius 3 is 1.68 bits per heavy atom. The highest BCUT2D eigenvalue weighted by Crippen LogP contribution is 2.45. The summed E-state index contributed by atoms with van der Waals surface area (Å²) in [6, 6.07) is 36.5. The van der Waals surface area contributed by atoms with Crippen molar-refractivity contribution in [3.63, 3.8) is 0 Å². The Morgan fingerprint density at radius 1 is 0.468 bits per heavy atom. The number of benzene rings is 6. The fraction of sp³-hybridized carbons (Fsp3) is 0.0909. The van der Waals surface area contributed by atoms with Crippen LogP contribution in [0.15, 0.2) is 134 Å². The molecule has 0 saturated carbocycles. The Balaban J connectivity index is 1.27. The van der Waals surface area contributed by atoms with Gasteiger partial charge in [-0.1, -0.05) is 85.0 Å². The second-order valence-electron chi connectivity index (χ2n) is 13.1. The van der Waals surface area contributed by atoms with Crippen molar-refractivity contribution in [1.29, 1.82) is 0 Å². The number of aromatic nitrogens is 3. The van der Waals surface area contributed by atoms with Crippen molar-refractivity contribution in [2.45, 2.75) is 25.7 Å². The van der Waals surface area contributed by atoms with Crippen LogP contribution in [0.3, 0.4) is 0 Å². The zero-order valence-electron chi connectivity index (χ0n) is 25.9. The van der Waals surface area contributed by atoms with E-state index < -0.39 is 0 Å². The molecule has 6 aromatic carbocycles. The molecule has 0 fully saturated rings. The number of allylic oxidation sites excluding steroid dienone is 8. The van der Waals surface area contributed by atoms with Crippen molar-refractivity contribution < 1.29 is 0 Å². The molecule has 2 aliphatic rings. The predicted octanol–water partition coefficient (Wildman–Crippen LogP) is 12.2. The maximum absolute atomic E-state index is 3.80. The number of hydrogen-bond acceptors (Lipinski definition) is 0. The van der Waals surface area contributed by atoms with Gasteiger partial charge < -0.3 is 14.1 Å². The van der Waals surface area contributed by atoms with E-state index in [1.807, 2.05) is 0 Å². The largest absolute Gasteiger partial charge is 0.354 e. The van der Waals surface area contributed by atoms with Gasteiger partial charge in [0.15, 0.2) is 0 Å². The lowest BCUT2D eigenvalue weighted by Gasteiger charge is -2.14. The Morgan fingerprint density at radius 2 is 1.06 bits per heavy atom. The monoisotopic (exact) mass is 601 g/mol. The van der Waals surface area contributed by atoms with Crippen LogP contribution in [0.2, 0.25) is 0 Å².